The van der Waals surface area contributed by atoms with Crippen molar-refractivity contribution in [3.63, 3.8) is 0 Å². The van der Waals surface area contributed by atoms with E-state index in [0.717, 1.165) is 37.4 Å². The van der Waals surface area contributed by atoms with Crippen LogP contribution in [0.1, 0.15) is 27.4 Å². The molecule has 1 aliphatic heterocycles. The monoisotopic (exact) mass is 462 g/mol. The lowest BCUT2D eigenvalue weighted by molar-refractivity contribution is 0.0600. The van der Waals surface area contributed by atoms with Crippen LogP contribution in [0.3, 0.4) is 0 Å². The third-order valence-corrected chi connectivity index (χ3v) is 5.49. The lowest BCUT2D eigenvalue weighted by Crippen LogP contribution is -2.45. The van der Waals surface area contributed by atoms with Gasteiger partial charge in [0.05, 0.1) is 12.7 Å². The number of anilines is 3. The minimum atomic E-state index is -0.392. The van der Waals surface area contributed by atoms with Crippen molar-refractivity contribution in [2.24, 2.45) is 5.18 Å². The Balaban J connectivity index is 1.68. The minimum absolute atomic E-state index is 0.143. The number of carbonyl (C=O) groups is 1. The predicted molar refractivity (Wildman–Crippen MR) is 131 cm³/mol. The van der Waals surface area contributed by atoms with Crippen LogP contribution in [0.15, 0.2) is 35.5 Å². The van der Waals surface area contributed by atoms with Gasteiger partial charge in [0.2, 0.25) is 0 Å². The summed E-state index contributed by atoms with van der Waals surface area (Å²) in [5.74, 6) is 1.31. The molecular formula is C23H26N8O3. The number of piperazine rings is 1. The van der Waals surface area contributed by atoms with Crippen LogP contribution in [0.25, 0.3) is 12.2 Å². The highest BCUT2D eigenvalue weighted by atomic mass is 16.5. The highest BCUT2D eigenvalue weighted by Gasteiger charge is 2.23. The lowest BCUT2D eigenvalue weighted by atomic mass is 10.1. The number of aryl methyl sites for hydroxylation is 1. The van der Waals surface area contributed by atoms with Gasteiger partial charge in [-0.15, -0.1) is 4.91 Å². The van der Waals surface area contributed by atoms with Crippen molar-refractivity contribution in [1.82, 2.24) is 25.1 Å². The van der Waals surface area contributed by atoms with Crippen molar-refractivity contribution < 1.29 is 9.53 Å². The number of nitrogens with one attached hydrogen (secondary N) is 2. The molecule has 34 heavy (non-hydrogen) atoms. The Morgan fingerprint density at radius 1 is 1.15 bits per heavy atom. The number of esters is 1. The van der Waals surface area contributed by atoms with Crippen LogP contribution in [0.4, 0.5) is 23.1 Å². The Morgan fingerprint density at radius 2 is 1.88 bits per heavy atom. The number of methoxy groups -OCH3 is 1. The molecule has 0 unspecified atom stereocenters. The van der Waals surface area contributed by atoms with Gasteiger partial charge in [-0.05, 0) is 42.9 Å². The minimum Gasteiger partial charge on any atom is -0.465 e. The highest BCUT2D eigenvalue weighted by Crippen LogP contribution is 2.35. The number of benzene rings is 1. The zero-order valence-corrected chi connectivity index (χ0v) is 19.3. The summed E-state index contributed by atoms with van der Waals surface area (Å²) in [5, 5.41) is 13.4. The molecule has 3 heterocycles. The molecule has 1 saturated heterocycles. The first-order chi connectivity index (χ1) is 16.5. The topological polar surface area (TPSA) is 129 Å². The zero-order chi connectivity index (χ0) is 24.1. The van der Waals surface area contributed by atoms with E-state index in [2.05, 4.69) is 42.6 Å². The van der Waals surface area contributed by atoms with E-state index in [1.54, 1.807) is 30.3 Å². The molecule has 0 atom stereocenters. The first-order valence-corrected chi connectivity index (χ1v) is 10.8. The van der Waals surface area contributed by atoms with E-state index < -0.39 is 5.97 Å². The molecule has 0 amide bonds. The number of ether oxygens (including phenoxy) is 1. The van der Waals surface area contributed by atoms with Gasteiger partial charge in [0, 0.05) is 37.9 Å². The van der Waals surface area contributed by atoms with E-state index in [1.165, 1.54) is 7.11 Å². The Morgan fingerprint density at radius 3 is 2.50 bits per heavy atom. The molecule has 1 aliphatic rings. The summed E-state index contributed by atoms with van der Waals surface area (Å²) in [6.45, 7) is 5.01. The van der Waals surface area contributed by atoms with E-state index in [0.29, 0.717) is 23.0 Å². The molecule has 2 N–H and O–H groups in total. The molecule has 3 aromatic rings. The molecule has 1 aromatic carbocycles. The van der Waals surface area contributed by atoms with Crippen molar-refractivity contribution in [3.8, 4) is 0 Å². The number of rotatable bonds is 7. The average Bonchev–Trinajstić information content (AvgIpc) is 3.27. The maximum absolute atomic E-state index is 11.9. The first-order valence-electron chi connectivity index (χ1n) is 10.8. The van der Waals surface area contributed by atoms with E-state index in [-0.39, 0.29) is 11.5 Å². The van der Waals surface area contributed by atoms with Crippen LogP contribution in [-0.4, -0.2) is 71.4 Å². The molecule has 1 fully saturated rings. The molecule has 11 nitrogen and oxygen atoms in total. The summed E-state index contributed by atoms with van der Waals surface area (Å²) in [5.41, 5.74) is 2.33. The molecule has 11 heteroatoms. The Kier molecular flexibility index (Phi) is 6.93. The van der Waals surface area contributed by atoms with Gasteiger partial charge in [0.15, 0.2) is 29.0 Å². The second kappa shape index (κ2) is 10.2. The van der Waals surface area contributed by atoms with Crippen LogP contribution in [0, 0.1) is 11.8 Å². The second-order valence-electron chi connectivity index (χ2n) is 7.99. The van der Waals surface area contributed by atoms with Crippen LogP contribution < -0.4 is 10.2 Å². The summed E-state index contributed by atoms with van der Waals surface area (Å²) in [7, 11) is 3.40. The van der Waals surface area contributed by atoms with E-state index in [9.17, 15) is 9.70 Å². The average molecular weight is 463 g/mol. The van der Waals surface area contributed by atoms with Gasteiger partial charge < -0.3 is 19.9 Å². The predicted octanol–water partition coefficient (Wildman–Crippen LogP) is 3.36. The summed E-state index contributed by atoms with van der Waals surface area (Å²) in [4.78, 5) is 36.9. The number of nitrogens with zero attached hydrogens (tertiary/aromatic N) is 6. The SMILES string of the molecule is COC(=O)c1ccc(/C=C/c2nc(Nc3cc(C)[nH]n3)c(N=O)c(N3CCN(C)CC3)n2)cc1. The van der Waals surface area contributed by atoms with E-state index in [1.807, 2.05) is 24.0 Å². The summed E-state index contributed by atoms with van der Waals surface area (Å²) in [6, 6.07) is 8.79. The number of H-pyrrole nitrogens is 1. The highest BCUT2D eigenvalue weighted by molar-refractivity contribution is 5.89. The van der Waals surface area contributed by atoms with Gasteiger partial charge in [-0.25, -0.2) is 14.8 Å². The van der Waals surface area contributed by atoms with Crippen LogP contribution >= 0.6 is 0 Å². The Bertz CT molecular complexity index is 1200. The van der Waals surface area contributed by atoms with Crippen molar-refractivity contribution in [2.45, 2.75) is 6.92 Å². The first kappa shape index (κ1) is 23.1. The Labute approximate surface area is 196 Å². The molecule has 0 spiro atoms. The maximum Gasteiger partial charge on any atom is 0.337 e. The number of aromatic nitrogens is 4. The molecule has 4 rings (SSSR count). The smallest absolute Gasteiger partial charge is 0.337 e. The van der Waals surface area contributed by atoms with Gasteiger partial charge in [-0.1, -0.05) is 18.2 Å². The van der Waals surface area contributed by atoms with Gasteiger partial charge in [0.1, 0.15) is 0 Å². The van der Waals surface area contributed by atoms with Crippen LogP contribution in [0.2, 0.25) is 0 Å². The van der Waals surface area contributed by atoms with Crippen molar-refractivity contribution >= 4 is 41.3 Å². The summed E-state index contributed by atoms with van der Waals surface area (Å²) in [6.07, 6.45) is 3.59. The number of hydrogen-bond acceptors (Lipinski definition) is 10. The largest absolute Gasteiger partial charge is 0.465 e. The number of carbonyl (C=O) groups excluding carboxylic acids is 1. The molecule has 0 bridgehead atoms. The number of aromatic amines is 1. The molecule has 0 saturated carbocycles. The fourth-order valence-corrected chi connectivity index (χ4v) is 3.57. The van der Waals surface area contributed by atoms with E-state index >= 15 is 0 Å². The summed E-state index contributed by atoms with van der Waals surface area (Å²) < 4.78 is 4.73. The normalized spacial score (nSPS) is 14.4. The number of hydrogen-bond donors (Lipinski definition) is 2. The third-order valence-electron chi connectivity index (χ3n) is 5.49. The van der Waals surface area contributed by atoms with Gasteiger partial charge in [0.25, 0.3) is 0 Å². The fourth-order valence-electron chi connectivity index (χ4n) is 3.57. The lowest BCUT2D eigenvalue weighted by Gasteiger charge is -2.33. The van der Waals surface area contributed by atoms with Crippen molar-refractivity contribution in [1.29, 1.82) is 0 Å². The molecular weight excluding hydrogens is 436 g/mol. The van der Waals surface area contributed by atoms with Crippen LogP contribution in [0.5, 0.6) is 0 Å². The number of likely N-dealkylation sites (N-methyl/N-ethyl adjacent to an activating group) is 1. The summed E-state index contributed by atoms with van der Waals surface area (Å²) >= 11 is 0. The van der Waals surface area contributed by atoms with Gasteiger partial charge in [-0.2, -0.15) is 5.10 Å². The molecule has 2 aromatic heterocycles. The second-order valence-corrected chi connectivity index (χ2v) is 7.99. The van der Waals surface area contributed by atoms with Gasteiger partial charge >= 0.3 is 5.97 Å². The zero-order valence-electron chi connectivity index (χ0n) is 19.3. The quantitative estimate of drug-likeness (QED) is 0.401. The Hall–Kier alpha value is -4.12. The standard InChI is InChI=1S/C23H26N8O3/c1-15-14-19(28-27-15)25-21-20(29-33)22(31-12-10-30(2)11-13-31)26-18(24-21)9-6-16-4-7-17(8-5-16)23(32)34-3/h4-9,14H,10-13H2,1-3H3,(H2,24,25,26,27,28)/b9-6+. The van der Waals surface area contributed by atoms with Gasteiger partial charge in [-0.3, -0.25) is 5.10 Å². The maximum atomic E-state index is 11.9. The molecule has 0 aliphatic carbocycles. The molecule has 0 radical (unpaired) electrons. The van der Waals surface area contributed by atoms with Crippen molar-refractivity contribution in [2.75, 3.05) is 50.6 Å². The third kappa shape index (κ3) is 5.26. The van der Waals surface area contributed by atoms with E-state index in [4.69, 9.17) is 4.74 Å². The molecule has 176 valence electrons. The fraction of sp³-hybridized carbons (Fsp3) is 0.304. The van der Waals surface area contributed by atoms with Crippen molar-refractivity contribution in [3.05, 3.63) is 57.9 Å². The van der Waals surface area contributed by atoms with Crippen LogP contribution in [-0.2, 0) is 4.74 Å². The number of nitroso groups, excluding NO2 is 1.